The molecule has 0 aliphatic rings. The van der Waals surface area contributed by atoms with E-state index in [4.69, 9.17) is 0 Å². The highest BCUT2D eigenvalue weighted by atomic mass is 16.3. The van der Waals surface area contributed by atoms with Gasteiger partial charge in [-0.2, -0.15) is 0 Å². The lowest BCUT2D eigenvalue weighted by molar-refractivity contribution is -0.0187. The monoisotopic (exact) mass is 257 g/mol. The molecule has 0 aromatic heterocycles. The minimum absolute atomic E-state index is 0.108. The number of hydrogen-bond donors (Lipinski definition) is 1. The normalized spacial score (nSPS) is 16.0. The summed E-state index contributed by atoms with van der Waals surface area (Å²) in [6.45, 7) is 15.2. The molecule has 18 heavy (non-hydrogen) atoms. The predicted molar refractivity (Wildman–Crippen MR) is 80.9 cm³/mol. The highest BCUT2D eigenvalue weighted by Gasteiger charge is 2.33. The molecule has 0 spiro atoms. The molecule has 0 aliphatic heterocycles. The van der Waals surface area contributed by atoms with Crippen molar-refractivity contribution in [3.05, 3.63) is 0 Å². The highest BCUT2D eigenvalue weighted by molar-refractivity contribution is 4.89. The zero-order chi connectivity index (χ0) is 14.2. The number of aliphatic hydroxyl groups excluding tert-OH is 1. The fourth-order valence-corrected chi connectivity index (χ4v) is 2.83. The van der Waals surface area contributed by atoms with Crippen LogP contribution >= 0.6 is 0 Å². The molecule has 0 aliphatic carbocycles. The summed E-state index contributed by atoms with van der Waals surface area (Å²) in [5.41, 5.74) is -0.108. The standard InChI is InChI=1S/C16H35NO/c1-7-11-12-14(8-2)13-15(18)16(5,6)17(9-3)10-4/h14-15,18H,7-13H2,1-6H3. The molecular formula is C16H35NO. The molecule has 2 unspecified atom stereocenters. The average Bonchev–Trinajstić information content (AvgIpc) is 2.35. The molecule has 0 radical (unpaired) electrons. The number of rotatable bonds is 10. The summed E-state index contributed by atoms with van der Waals surface area (Å²) in [4.78, 5) is 2.37. The Kier molecular flexibility index (Phi) is 8.89. The first-order valence-corrected chi connectivity index (χ1v) is 7.86. The van der Waals surface area contributed by atoms with Gasteiger partial charge >= 0.3 is 0 Å². The Balaban J connectivity index is 4.46. The second kappa shape index (κ2) is 8.92. The summed E-state index contributed by atoms with van der Waals surface area (Å²) in [5.74, 6) is 0.676. The molecule has 0 bridgehead atoms. The van der Waals surface area contributed by atoms with Gasteiger partial charge in [-0.3, -0.25) is 4.90 Å². The van der Waals surface area contributed by atoms with Gasteiger partial charge in [-0.1, -0.05) is 53.4 Å². The van der Waals surface area contributed by atoms with Gasteiger partial charge in [-0.15, -0.1) is 0 Å². The van der Waals surface area contributed by atoms with Gasteiger partial charge in [0, 0.05) is 5.54 Å². The van der Waals surface area contributed by atoms with Gasteiger partial charge in [0.2, 0.25) is 0 Å². The summed E-state index contributed by atoms with van der Waals surface area (Å²) < 4.78 is 0. The zero-order valence-corrected chi connectivity index (χ0v) is 13.5. The fraction of sp³-hybridized carbons (Fsp3) is 1.00. The zero-order valence-electron chi connectivity index (χ0n) is 13.5. The lowest BCUT2D eigenvalue weighted by Gasteiger charge is -2.42. The molecule has 2 heteroatoms. The van der Waals surface area contributed by atoms with Crippen molar-refractivity contribution in [2.24, 2.45) is 5.92 Å². The van der Waals surface area contributed by atoms with Crippen molar-refractivity contribution < 1.29 is 5.11 Å². The van der Waals surface area contributed by atoms with Crippen molar-refractivity contribution in [1.82, 2.24) is 4.90 Å². The first kappa shape index (κ1) is 17.9. The van der Waals surface area contributed by atoms with Crippen molar-refractivity contribution in [3.63, 3.8) is 0 Å². The molecule has 0 aromatic carbocycles. The van der Waals surface area contributed by atoms with E-state index >= 15 is 0 Å². The molecule has 2 atom stereocenters. The van der Waals surface area contributed by atoms with Gasteiger partial charge in [-0.05, 0) is 39.3 Å². The molecule has 0 fully saturated rings. The molecular weight excluding hydrogens is 222 g/mol. The van der Waals surface area contributed by atoms with E-state index in [0.717, 1.165) is 19.5 Å². The summed E-state index contributed by atoms with van der Waals surface area (Å²) in [7, 11) is 0. The topological polar surface area (TPSA) is 23.5 Å². The summed E-state index contributed by atoms with van der Waals surface area (Å²) in [6, 6.07) is 0. The van der Waals surface area contributed by atoms with E-state index in [1.807, 2.05) is 0 Å². The Morgan fingerprint density at radius 3 is 2.00 bits per heavy atom. The maximum absolute atomic E-state index is 10.6. The SMILES string of the molecule is CCCCC(CC)CC(O)C(C)(C)N(CC)CC. The van der Waals surface area contributed by atoms with Crippen LogP contribution in [0.2, 0.25) is 0 Å². The summed E-state index contributed by atoms with van der Waals surface area (Å²) in [5, 5.41) is 10.6. The van der Waals surface area contributed by atoms with Gasteiger partial charge in [0.1, 0.15) is 0 Å². The number of hydrogen-bond acceptors (Lipinski definition) is 2. The van der Waals surface area contributed by atoms with Gasteiger partial charge in [0.25, 0.3) is 0 Å². The van der Waals surface area contributed by atoms with Gasteiger partial charge in [-0.25, -0.2) is 0 Å². The second-order valence-electron chi connectivity index (χ2n) is 5.99. The molecule has 1 N–H and O–H groups in total. The molecule has 0 amide bonds. The van der Waals surface area contributed by atoms with Crippen LogP contribution in [0.4, 0.5) is 0 Å². The lowest BCUT2D eigenvalue weighted by Crippen LogP contribution is -2.52. The maximum Gasteiger partial charge on any atom is 0.0721 e. The van der Waals surface area contributed by atoms with E-state index in [1.165, 1.54) is 25.7 Å². The van der Waals surface area contributed by atoms with E-state index in [1.54, 1.807) is 0 Å². The van der Waals surface area contributed by atoms with Crippen LogP contribution in [0.25, 0.3) is 0 Å². The van der Waals surface area contributed by atoms with Crippen molar-refractivity contribution in [1.29, 1.82) is 0 Å². The van der Waals surface area contributed by atoms with Crippen LogP contribution in [0.1, 0.15) is 73.6 Å². The van der Waals surface area contributed by atoms with Crippen molar-refractivity contribution in [2.45, 2.75) is 85.3 Å². The average molecular weight is 257 g/mol. The molecule has 2 nitrogen and oxygen atoms in total. The summed E-state index contributed by atoms with van der Waals surface area (Å²) >= 11 is 0. The van der Waals surface area contributed by atoms with Crippen LogP contribution in [-0.2, 0) is 0 Å². The van der Waals surface area contributed by atoms with Crippen LogP contribution in [0.5, 0.6) is 0 Å². The van der Waals surface area contributed by atoms with Crippen molar-refractivity contribution >= 4 is 0 Å². The molecule has 110 valence electrons. The first-order valence-electron chi connectivity index (χ1n) is 7.86. The van der Waals surface area contributed by atoms with Gasteiger partial charge < -0.3 is 5.11 Å². The van der Waals surface area contributed by atoms with E-state index < -0.39 is 0 Å². The highest BCUT2D eigenvalue weighted by Crippen LogP contribution is 2.27. The molecule has 0 saturated carbocycles. The van der Waals surface area contributed by atoms with Gasteiger partial charge in [0.05, 0.1) is 6.10 Å². The van der Waals surface area contributed by atoms with Crippen molar-refractivity contribution in [2.75, 3.05) is 13.1 Å². The predicted octanol–water partition coefficient (Wildman–Crippen LogP) is 4.07. The molecule has 0 aromatic rings. The minimum Gasteiger partial charge on any atom is -0.391 e. The van der Waals surface area contributed by atoms with E-state index in [-0.39, 0.29) is 11.6 Å². The Morgan fingerprint density at radius 2 is 1.61 bits per heavy atom. The third-order valence-electron chi connectivity index (χ3n) is 4.49. The van der Waals surface area contributed by atoms with E-state index in [9.17, 15) is 5.11 Å². The Bertz CT molecular complexity index is 199. The molecule has 0 rings (SSSR count). The van der Waals surface area contributed by atoms with Crippen LogP contribution in [-0.4, -0.2) is 34.7 Å². The fourth-order valence-electron chi connectivity index (χ4n) is 2.83. The largest absolute Gasteiger partial charge is 0.391 e. The summed E-state index contributed by atoms with van der Waals surface area (Å²) in [6.07, 6.45) is 5.71. The number of nitrogens with zero attached hydrogens (tertiary/aromatic N) is 1. The quantitative estimate of drug-likeness (QED) is 0.637. The van der Waals surface area contributed by atoms with Crippen LogP contribution in [0, 0.1) is 5.92 Å². The van der Waals surface area contributed by atoms with Crippen LogP contribution in [0.3, 0.4) is 0 Å². The molecule has 0 saturated heterocycles. The third-order valence-corrected chi connectivity index (χ3v) is 4.49. The van der Waals surface area contributed by atoms with Gasteiger partial charge in [0.15, 0.2) is 0 Å². The smallest absolute Gasteiger partial charge is 0.0721 e. The third kappa shape index (κ3) is 5.27. The number of likely N-dealkylation sites (N-methyl/N-ethyl adjacent to an activating group) is 1. The minimum atomic E-state index is -0.223. The van der Waals surface area contributed by atoms with E-state index in [2.05, 4.69) is 46.4 Å². The van der Waals surface area contributed by atoms with Crippen molar-refractivity contribution in [3.8, 4) is 0 Å². The van der Waals surface area contributed by atoms with Crippen LogP contribution in [0.15, 0.2) is 0 Å². The Morgan fingerprint density at radius 1 is 1.06 bits per heavy atom. The first-order chi connectivity index (χ1) is 8.43. The lowest BCUT2D eigenvalue weighted by atomic mass is 9.84. The second-order valence-corrected chi connectivity index (χ2v) is 5.99. The number of aliphatic hydroxyl groups is 1. The Hall–Kier alpha value is -0.0800. The van der Waals surface area contributed by atoms with E-state index in [0.29, 0.717) is 5.92 Å². The molecule has 0 heterocycles. The Labute approximate surface area is 115 Å². The maximum atomic E-state index is 10.6. The van der Waals surface area contributed by atoms with Crippen LogP contribution < -0.4 is 0 Å². The number of unbranched alkanes of at least 4 members (excludes halogenated alkanes) is 1.